The molecule has 0 aliphatic carbocycles. The first-order chi connectivity index (χ1) is 10.2. The van der Waals surface area contributed by atoms with E-state index in [4.69, 9.17) is 27.9 Å². The third kappa shape index (κ3) is 2.86. The summed E-state index contributed by atoms with van der Waals surface area (Å²) in [5.41, 5.74) is 1.56. The lowest BCUT2D eigenvalue weighted by Crippen LogP contribution is -1.96. The Kier molecular flexibility index (Phi) is 3.82. The molecular formula is C15H10Cl2N3O. The smallest absolute Gasteiger partial charge is 0.141 e. The molecule has 4 nitrogen and oxygen atoms in total. The zero-order valence-corrected chi connectivity index (χ0v) is 12.5. The SMILES string of the molecule is COc1[c]cc2ncnc(Nc3ccc(Cl)c(Cl)c3)c2c1. The summed E-state index contributed by atoms with van der Waals surface area (Å²) < 4.78 is 5.18. The first-order valence-electron chi connectivity index (χ1n) is 6.10. The van der Waals surface area contributed by atoms with Gasteiger partial charge in [-0.3, -0.25) is 0 Å². The van der Waals surface area contributed by atoms with E-state index in [2.05, 4.69) is 21.4 Å². The minimum atomic E-state index is 0.478. The van der Waals surface area contributed by atoms with Gasteiger partial charge in [-0.1, -0.05) is 23.2 Å². The molecule has 0 saturated carbocycles. The van der Waals surface area contributed by atoms with Crippen molar-refractivity contribution in [3.05, 3.63) is 52.8 Å². The van der Waals surface area contributed by atoms with E-state index in [1.807, 2.05) is 12.1 Å². The van der Waals surface area contributed by atoms with Gasteiger partial charge >= 0.3 is 0 Å². The quantitative estimate of drug-likeness (QED) is 0.773. The van der Waals surface area contributed by atoms with Crippen LogP contribution in [0.15, 0.2) is 36.7 Å². The first kappa shape index (κ1) is 13.9. The number of ether oxygens (including phenoxy) is 1. The Morgan fingerprint density at radius 2 is 2.00 bits per heavy atom. The Hall–Kier alpha value is -2.04. The van der Waals surface area contributed by atoms with Crippen LogP contribution in [0, 0.1) is 6.07 Å². The van der Waals surface area contributed by atoms with Gasteiger partial charge < -0.3 is 10.1 Å². The summed E-state index contributed by atoms with van der Waals surface area (Å²) >= 11 is 11.9. The molecule has 3 rings (SSSR count). The minimum Gasteiger partial charge on any atom is -0.496 e. The van der Waals surface area contributed by atoms with E-state index >= 15 is 0 Å². The first-order valence-corrected chi connectivity index (χ1v) is 6.85. The van der Waals surface area contributed by atoms with Gasteiger partial charge in [0.05, 0.1) is 22.7 Å². The van der Waals surface area contributed by atoms with Crippen LogP contribution in [-0.4, -0.2) is 17.1 Å². The van der Waals surface area contributed by atoms with E-state index in [1.54, 1.807) is 25.3 Å². The van der Waals surface area contributed by atoms with Crippen LogP contribution < -0.4 is 10.1 Å². The molecular weight excluding hydrogens is 309 g/mol. The number of aromatic nitrogens is 2. The van der Waals surface area contributed by atoms with Gasteiger partial charge in [-0.25, -0.2) is 9.97 Å². The van der Waals surface area contributed by atoms with Crippen molar-refractivity contribution in [2.24, 2.45) is 0 Å². The van der Waals surface area contributed by atoms with E-state index in [9.17, 15) is 0 Å². The van der Waals surface area contributed by atoms with Gasteiger partial charge in [0.15, 0.2) is 0 Å². The molecule has 21 heavy (non-hydrogen) atoms. The Labute approximate surface area is 131 Å². The van der Waals surface area contributed by atoms with E-state index in [-0.39, 0.29) is 0 Å². The van der Waals surface area contributed by atoms with Crippen LogP contribution in [-0.2, 0) is 0 Å². The van der Waals surface area contributed by atoms with Gasteiger partial charge in [0.2, 0.25) is 0 Å². The van der Waals surface area contributed by atoms with Crippen molar-refractivity contribution in [3.63, 3.8) is 0 Å². The fourth-order valence-electron chi connectivity index (χ4n) is 1.91. The highest BCUT2D eigenvalue weighted by Gasteiger charge is 2.07. The highest BCUT2D eigenvalue weighted by atomic mass is 35.5. The van der Waals surface area contributed by atoms with Crippen LogP contribution in [0.3, 0.4) is 0 Å². The predicted molar refractivity (Wildman–Crippen MR) is 84.7 cm³/mol. The Balaban J connectivity index is 2.05. The van der Waals surface area contributed by atoms with Crippen molar-refractivity contribution < 1.29 is 4.74 Å². The number of anilines is 2. The van der Waals surface area contributed by atoms with E-state index < -0.39 is 0 Å². The average Bonchev–Trinajstić information content (AvgIpc) is 2.51. The second kappa shape index (κ2) is 5.76. The summed E-state index contributed by atoms with van der Waals surface area (Å²) in [6, 6.07) is 11.9. The standard InChI is InChI=1S/C15H10Cl2N3O/c1-21-10-3-5-14-11(7-10)15(19-8-18-14)20-9-2-4-12(16)13(17)6-9/h2,4-8H,1H3,(H,18,19,20). The predicted octanol–water partition coefficient (Wildman–Crippen LogP) is 4.49. The molecule has 0 amide bonds. The maximum absolute atomic E-state index is 6.02. The summed E-state index contributed by atoms with van der Waals surface area (Å²) in [7, 11) is 1.59. The highest BCUT2D eigenvalue weighted by molar-refractivity contribution is 6.42. The Morgan fingerprint density at radius 3 is 2.76 bits per heavy atom. The van der Waals surface area contributed by atoms with Crippen LogP contribution in [0.25, 0.3) is 10.9 Å². The van der Waals surface area contributed by atoms with Gasteiger partial charge in [0.25, 0.3) is 0 Å². The van der Waals surface area contributed by atoms with Gasteiger partial charge in [-0.05, 0) is 30.3 Å². The number of nitrogens with zero attached hydrogens (tertiary/aromatic N) is 2. The molecule has 0 saturated heterocycles. The average molecular weight is 319 g/mol. The van der Waals surface area contributed by atoms with Gasteiger partial charge in [-0.2, -0.15) is 0 Å². The van der Waals surface area contributed by atoms with Crippen molar-refractivity contribution in [3.8, 4) is 5.75 Å². The molecule has 0 bridgehead atoms. The van der Waals surface area contributed by atoms with Crippen molar-refractivity contribution in [1.29, 1.82) is 0 Å². The van der Waals surface area contributed by atoms with Crippen molar-refractivity contribution >= 4 is 45.6 Å². The molecule has 105 valence electrons. The van der Waals surface area contributed by atoms with Gasteiger partial charge in [-0.15, -0.1) is 0 Å². The molecule has 1 radical (unpaired) electrons. The molecule has 0 aliphatic heterocycles. The number of hydrogen-bond donors (Lipinski definition) is 1. The maximum Gasteiger partial charge on any atom is 0.141 e. The molecule has 0 unspecified atom stereocenters. The van der Waals surface area contributed by atoms with Crippen molar-refractivity contribution in [2.75, 3.05) is 12.4 Å². The number of rotatable bonds is 3. The molecule has 2 aromatic carbocycles. The minimum absolute atomic E-state index is 0.478. The number of halogens is 2. The second-order valence-electron chi connectivity index (χ2n) is 4.28. The lowest BCUT2D eigenvalue weighted by Gasteiger charge is -2.10. The summed E-state index contributed by atoms with van der Waals surface area (Å²) in [6.07, 6.45) is 1.49. The van der Waals surface area contributed by atoms with Gasteiger partial charge in [0, 0.05) is 17.1 Å². The highest BCUT2D eigenvalue weighted by Crippen LogP contribution is 2.29. The zero-order chi connectivity index (χ0) is 14.8. The summed E-state index contributed by atoms with van der Waals surface area (Å²) in [5, 5.41) is 5.02. The zero-order valence-electron chi connectivity index (χ0n) is 11.0. The monoisotopic (exact) mass is 318 g/mol. The third-order valence-corrected chi connectivity index (χ3v) is 3.68. The normalized spacial score (nSPS) is 10.6. The topological polar surface area (TPSA) is 47.0 Å². The summed E-state index contributed by atoms with van der Waals surface area (Å²) in [4.78, 5) is 8.47. The lowest BCUT2D eigenvalue weighted by atomic mass is 10.2. The van der Waals surface area contributed by atoms with Crippen LogP contribution in [0.4, 0.5) is 11.5 Å². The van der Waals surface area contributed by atoms with Crippen molar-refractivity contribution in [1.82, 2.24) is 9.97 Å². The molecule has 0 spiro atoms. The largest absolute Gasteiger partial charge is 0.496 e. The van der Waals surface area contributed by atoms with Crippen LogP contribution in [0.1, 0.15) is 0 Å². The molecule has 0 fully saturated rings. The van der Waals surface area contributed by atoms with E-state index in [0.29, 0.717) is 21.6 Å². The molecule has 1 heterocycles. The number of nitrogens with one attached hydrogen (secondary N) is 1. The maximum atomic E-state index is 6.02. The van der Waals surface area contributed by atoms with Gasteiger partial charge in [0.1, 0.15) is 17.9 Å². The van der Waals surface area contributed by atoms with Crippen LogP contribution >= 0.6 is 23.2 Å². The molecule has 3 aromatic rings. The fraction of sp³-hybridized carbons (Fsp3) is 0.0667. The molecule has 0 atom stereocenters. The summed E-state index contributed by atoms with van der Waals surface area (Å²) in [5.74, 6) is 1.28. The fourth-order valence-corrected chi connectivity index (χ4v) is 2.20. The number of hydrogen-bond acceptors (Lipinski definition) is 4. The Morgan fingerprint density at radius 1 is 1.14 bits per heavy atom. The number of fused-ring (bicyclic) bond motifs is 1. The van der Waals surface area contributed by atoms with E-state index in [0.717, 1.165) is 16.6 Å². The number of benzene rings is 2. The molecule has 1 aromatic heterocycles. The van der Waals surface area contributed by atoms with E-state index in [1.165, 1.54) is 6.33 Å². The summed E-state index contributed by atoms with van der Waals surface area (Å²) in [6.45, 7) is 0. The number of methoxy groups -OCH3 is 1. The lowest BCUT2D eigenvalue weighted by molar-refractivity contribution is 0.414. The molecule has 1 N–H and O–H groups in total. The Bertz CT molecular complexity index is 808. The van der Waals surface area contributed by atoms with Crippen molar-refractivity contribution in [2.45, 2.75) is 0 Å². The molecule has 6 heteroatoms. The molecule has 0 aliphatic rings. The third-order valence-electron chi connectivity index (χ3n) is 2.94. The second-order valence-corrected chi connectivity index (χ2v) is 5.09. The van der Waals surface area contributed by atoms with Crippen LogP contribution in [0.2, 0.25) is 10.0 Å². The van der Waals surface area contributed by atoms with Crippen LogP contribution in [0.5, 0.6) is 5.75 Å².